The summed E-state index contributed by atoms with van der Waals surface area (Å²) in [6.07, 6.45) is 10.7. The zero-order valence-corrected chi connectivity index (χ0v) is 30.7. The van der Waals surface area contributed by atoms with Crippen molar-refractivity contribution in [2.24, 2.45) is 12.0 Å². The molecule has 7 nitrogen and oxygen atoms in total. The van der Waals surface area contributed by atoms with Crippen LogP contribution in [0.2, 0.25) is 0 Å². The average Bonchev–Trinajstić information content (AvgIpc) is 3.64. The third-order valence-electron chi connectivity index (χ3n) is 9.23. The van der Waals surface area contributed by atoms with E-state index >= 15 is 0 Å². The molecule has 5 heterocycles. The van der Waals surface area contributed by atoms with Gasteiger partial charge in [-0.1, -0.05) is 98.6 Å². The quantitative estimate of drug-likeness (QED) is 0.132. The van der Waals surface area contributed by atoms with Crippen molar-refractivity contribution in [2.75, 3.05) is 0 Å². The van der Waals surface area contributed by atoms with Gasteiger partial charge >= 0.3 is 0 Å². The molecular weight excluding hydrogens is 812 g/mol. The average molecular weight is 844 g/mol. The van der Waals surface area contributed by atoms with Gasteiger partial charge in [0.05, 0.1) is 18.3 Å². The van der Waals surface area contributed by atoms with Crippen molar-refractivity contribution in [3.05, 3.63) is 151 Å². The van der Waals surface area contributed by atoms with Crippen molar-refractivity contribution in [1.29, 1.82) is 0 Å². The minimum atomic E-state index is -0.0326. The van der Waals surface area contributed by atoms with Crippen molar-refractivity contribution >= 4 is 50.3 Å². The van der Waals surface area contributed by atoms with Crippen LogP contribution in [0.4, 0.5) is 5.69 Å². The Kier molecular flexibility index (Phi) is 8.04. The molecule has 1 aliphatic heterocycles. The number of aryl methyl sites for hydroxylation is 1. The van der Waals surface area contributed by atoms with E-state index < -0.39 is 0 Å². The Labute approximate surface area is 310 Å². The number of para-hydroxylation sites is 2. The van der Waals surface area contributed by atoms with Crippen LogP contribution in [-0.4, -0.2) is 25.0 Å². The maximum atomic E-state index is 6.69. The molecule has 0 radical (unpaired) electrons. The number of fused-ring (bicyclic) bond motifs is 7. The van der Waals surface area contributed by atoms with Gasteiger partial charge < -0.3 is 18.4 Å². The first-order valence-electron chi connectivity index (χ1n) is 16.6. The number of hydrogen-bond acceptors (Lipinski definition) is 4. The third kappa shape index (κ3) is 5.58. The Morgan fingerprint density at radius 1 is 0.745 bits per heavy atom. The summed E-state index contributed by atoms with van der Waals surface area (Å²) in [4.78, 5) is 14.5. The molecule has 4 aromatic heterocycles. The van der Waals surface area contributed by atoms with E-state index in [0.717, 1.165) is 66.9 Å². The molecule has 252 valence electrons. The van der Waals surface area contributed by atoms with Gasteiger partial charge in [0.25, 0.3) is 0 Å². The van der Waals surface area contributed by atoms with Gasteiger partial charge in [-0.25, -0.2) is 9.98 Å². The van der Waals surface area contributed by atoms with Gasteiger partial charge in [0.1, 0.15) is 11.7 Å². The molecule has 0 unspecified atom stereocenters. The minimum absolute atomic E-state index is 0. The van der Waals surface area contributed by atoms with Gasteiger partial charge in [-0.2, -0.15) is 17.7 Å². The van der Waals surface area contributed by atoms with E-state index in [4.69, 9.17) is 14.7 Å². The molecule has 0 saturated carbocycles. The largest absolute Gasteiger partial charge is 0.485 e. The summed E-state index contributed by atoms with van der Waals surface area (Å²) in [5.41, 5.74) is 9.31. The van der Waals surface area contributed by atoms with E-state index in [1.807, 2.05) is 70.9 Å². The number of nitrogens with zero attached hydrogens (tertiary/aromatic N) is 6. The molecule has 4 aromatic carbocycles. The number of imidazole rings is 1. The third-order valence-corrected chi connectivity index (χ3v) is 9.23. The number of benzene rings is 4. The van der Waals surface area contributed by atoms with E-state index in [1.165, 1.54) is 5.56 Å². The molecule has 0 amide bonds. The molecule has 0 spiro atoms. The first kappa shape index (κ1) is 32.5. The molecule has 0 aliphatic carbocycles. The van der Waals surface area contributed by atoms with Gasteiger partial charge in [0, 0.05) is 44.7 Å². The first-order chi connectivity index (χ1) is 24.3. The Morgan fingerprint density at radius 2 is 1.51 bits per heavy atom. The van der Waals surface area contributed by atoms with E-state index in [0.29, 0.717) is 11.6 Å². The fourth-order valence-corrected chi connectivity index (χ4v) is 6.78. The number of rotatable bonds is 3. The van der Waals surface area contributed by atoms with Gasteiger partial charge in [-0.3, -0.25) is 4.98 Å². The molecule has 8 heteroatoms. The van der Waals surface area contributed by atoms with Gasteiger partial charge in [0.15, 0.2) is 5.65 Å². The number of aliphatic imine (C=N–C) groups is 1. The van der Waals surface area contributed by atoms with E-state index in [-0.39, 0.29) is 26.5 Å². The van der Waals surface area contributed by atoms with Crippen LogP contribution in [0, 0.1) is 18.5 Å². The number of hydrogen-bond donors (Lipinski definition) is 0. The van der Waals surface area contributed by atoms with E-state index in [9.17, 15) is 0 Å². The zero-order chi connectivity index (χ0) is 34.0. The zero-order valence-electron chi connectivity index (χ0n) is 28.5. The second-order valence-corrected chi connectivity index (χ2v) is 13.5. The molecular formula is C43H32N6OPt-2. The summed E-state index contributed by atoms with van der Waals surface area (Å²) in [7, 11) is 1.94. The predicted octanol–water partition coefficient (Wildman–Crippen LogP) is 8.73. The van der Waals surface area contributed by atoms with Crippen molar-refractivity contribution in [1.82, 2.24) is 19.1 Å². The molecule has 1 aliphatic rings. The summed E-state index contributed by atoms with van der Waals surface area (Å²) in [5.74, 6) is 1.64. The van der Waals surface area contributed by atoms with Gasteiger partial charge in [0.2, 0.25) is 6.33 Å². The normalized spacial score (nSPS) is 12.8. The molecule has 51 heavy (non-hydrogen) atoms. The topological polar surface area (TPSA) is 61.1 Å². The second kappa shape index (κ2) is 12.6. The van der Waals surface area contributed by atoms with Gasteiger partial charge in [-0.15, -0.1) is 29.3 Å². The summed E-state index contributed by atoms with van der Waals surface area (Å²) in [5, 5.41) is 2.18. The fourth-order valence-electron chi connectivity index (χ4n) is 6.78. The monoisotopic (exact) mass is 843 g/mol. The molecule has 0 atom stereocenters. The predicted molar refractivity (Wildman–Crippen MR) is 198 cm³/mol. The Morgan fingerprint density at radius 3 is 2.35 bits per heavy atom. The summed E-state index contributed by atoms with van der Waals surface area (Å²) in [6, 6.07) is 40.6. The van der Waals surface area contributed by atoms with Gasteiger partial charge in [-0.05, 0) is 46.2 Å². The molecule has 0 fully saturated rings. The van der Waals surface area contributed by atoms with Crippen molar-refractivity contribution < 1.29 is 30.4 Å². The van der Waals surface area contributed by atoms with E-state index in [2.05, 4.69) is 109 Å². The molecule has 8 aromatic rings. The Balaban J connectivity index is 0.00000374. The standard InChI is InChI=1S/C43H32N6O.Pt/c1-43(2,3)28-21-23-44-40(24-28)49-36-17-10-8-15-33(36)34-20-19-29(25-39(34)49)50-41-26-38(48-27-47(4)42-37(48)18-11-22-45-42)32-14-6-5-12-30(32)31-13-7-9-16-35(31)46-41;/h5-24H,1-4H3;/q-2;. The fraction of sp³-hybridized carbons (Fsp3) is 0.116. The summed E-state index contributed by atoms with van der Waals surface area (Å²) < 4.78 is 12.7. The summed E-state index contributed by atoms with van der Waals surface area (Å²) >= 11 is 0. The SMILES string of the molecule is Cn1[c-][n+](C2=[C-]C(Oc3[c-]c4c(cc3)c3ccccc3n4-c3cc(C(C)(C)C)ccn3)=Nc3ccccc3-c3ccccc32)c2cccnc21.[Pt]. The van der Waals surface area contributed by atoms with Crippen molar-refractivity contribution in [2.45, 2.75) is 26.2 Å². The number of ether oxygens (including phenoxy) is 1. The molecule has 0 bridgehead atoms. The van der Waals surface area contributed by atoms with Crippen LogP contribution in [0.3, 0.4) is 0 Å². The second-order valence-electron chi connectivity index (χ2n) is 13.5. The van der Waals surface area contributed by atoms with Crippen LogP contribution in [0.25, 0.3) is 55.6 Å². The van der Waals surface area contributed by atoms with Crippen molar-refractivity contribution in [3.63, 3.8) is 0 Å². The maximum absolute atomic E-state index is 6.69. The smallest absolute Gasteiger partial charge is 0.242 e. The Bertz CT molecular complexity index is 2690. The van der Waals surface area contributed by atoms with Crippen LogP contribution >= 0.6 is 0 Å². The summed E-state index contributed by atoms with van der Waals surface area (Å²) in [6.45, 7) is 6.64. The van der Waals surface area contributed by atoms with Crippen molar-refractivity contribution in [3.8, 4) is 22.7 Å². The number of pyridine rings is 2. The van der Waals surface area contributed by atoms with Crippen LogP contribution in [-0.2, 0) is 33.5 Å². The molecule has 0 saturated heterocycles. The van der Waals surface area contributed by atoms with Crippen LogP contribution in [0.1, 0.15) is 31.9 Å². The Hall–Kier alpha value is -5.65. The molecule has 9 rings (SSSR count). The van der Waals surface area contributed by atoms with E-state index in [1.54, 1.807) is 6.20 Å². The maximum Gasteiger partial charge on any atom is 0.242 e. The van der Waals surface area contributed by atoms with Crippen LogP contribution in [0.5, 0.6) is 5.75 Å². The number of aromatic nitrogens is 5. The van der Waals surface area contributed by atoms with Crippen LogP contribution in [0.15, 0.2) is 127 Å². The first-order valence-corrected chi connectivity index (χ1v) is 16.6. The van der Waals surface area contributed by atoms with Crippen LogP contribution < -0.4 is 9.30 Å². The molecule has 0 N–H and O–H groups in total. The minimum Gasteiger partial charge on any atom is -0.485 e.